The Morgan fingerprint density at radius 2 is 2.50 bits per heavy atom. The fraction of sp³-hybridized carbons (Fsp3) is 0.444. The zero-order valence-electron chi connectivity index (χ0n) is 9.71. The second-order valence-corrected chi connectivity index (χ2v) is 4.17. The quantitative estimate of drug-likeness (QED) is 0.729. The third kappa shape index (κ3) is 3.48. The van der Waals surface area contributed by atoms with E-state index in [1.54, 1.807) is 6.92 Å². The van der Waals surface area contributed by atoms with Crippen LogP contribution in [0.3, 0.4) is 0 Å². The highest BCUT2D eigenvalue weighted by molar-refractivity contribution is 7.13. The van der Waals surface area contributed by atoms with Crippen LogP contribution in [0.4, 0.5) is 5.13 Å². The molecule has 2 aromatic rings. The Hall–Kier alpha value is -2.03. The molecule has 0 fully saturated rings. The fourth-order valence-electron chi connectivity index (χ4n) is 1.24. The van der Waals surface area contributed by atoms with Crippen molar-refractivity contribution in [1.29, 1.82) is 0 Å². The maximum atomic E-state index is 11.3. The van der Waals surface area contributed by atoms with E-state index in [0.29, 0.717) is 29.8 Å². The zero-order chi connectivity index (χ0) is 12.8. The molecule has 0 saturated heterocycles. The number of carbonyl (C=O) groups excluding carboxylic acids is 1. The SMILES string of the molecule is CCOC(=O)Cc1csc(NCc2nn[nH]n2)n1. The van der Waals surface area contributed by atoms with Gasteiger partial charge in [0, 0.05) is 5.38 Å². The molecule has 0 bridgehead atoms. The van der Waals surface area contributed by atoms with Crippen molar-refractivity contribution in [3.05, 3.63) is 16.9 Å². The minimum absolute atomic E-state index is 0.189. The van der Waals surface area contributed by atoms with Gasteiger partial charge in [-0.25, -0.2) is 4.98 Å². The Morgan fingerprint density at radius 1 is 1.61 bits per heavy atom. The first-order valence-electron chi connectivity index (χ1n) is 5.34. The maximum absolute atomic E-state index is 11.3. The number of carbonyl (C=O) groups is 1. The zero-order valence-corrected chi connectivity index (χ0v) is 10.5. The van der Waals surface area contributed by atoms with Crippen LogP contribution in [0.2, 0.25) is 0 Å². The highest BCUT2D eigenvalue weighted by Crippen LogP contribution is 2.16. The van der Waals surface area contributed by atoms with Gasteiger partial charge in [0.1, 0.15) is 0 Å². The molecule has 9 heteroatoms. The first kappa shape index (κ1) is 12.4. The number of aromatic nitrogens is 5. The van der Waals surface area contributed by atoms with E-state index in [2.05, 4.69) is 30.9 Å². The van der Waals surface area contributed by atoms with Crippen LogP contribution in [0, 0.1) is 0 Å². The van der Waals surface area contributed by atoms with Crippen LogP contribution < -0.4 is 5.32 Å². The Kier molecular flexibility index (Phi) is 4.18. The van der Waals surface area contributed by atoms with Crippen molar-refractivity contribution < 1.29 is 9.53 Å². The number of hydrogen-bond donors (Lipinski definition) is 2. The molecule has 96 valence electrons. The highest BCUT2D eigenvalue weighted by Gasteiger charge is 2.08. The molecule has 0 spiro atoms. The van der Waals surface area contributed by atoms with Crippen molar-refractivity contribution in [2.75, 3.05) is 11.9 Å². The summed E-state index contributed by atoms with van der Waals surface area (Å²) in [6.45, 7) is 2.59. The lowest BCUT2D eigenvalue weighted by molar-refractivity contribution is -0.142. The van der Waals surface area contributed by atoms with E-state index in [1.165, 1.54) is 11.3 Å². The molecule has 0 aromatic carbocycles. The number of rotatable bonds is 6. The van der Waals surface area contributed by atoms with Gasteiger partial charge in [0.2, 0.25) is 0 Å². The van der Waals surface area contributed by atoms with E-state index in [1.807, 2.05) is 5.38 Å². The molecule has 0 aliphatic carbocycles. The van der Waals surface area contributed by atoms with Crippen LogP contribution >= 0.6 is 11.3 Å². The number of thiazole rings is 1. The van der Waals surface area contributed by atoms with Gasteiger partial charge < -0.3 is 10.1 Å². The summed E-state index contributed by atoms with van der Waals surface area (Å²) >= 11 is 1.42. The van der Waals surface area contributed by atoms with Gasteiger partial charge in [-0.2, -0.15) is 5.21 Å². The van der Waals surface area contributed by atoms with Gasteiger partial charge in [-0.1, -0.05) is 5.21 Å². The molecule has 0 saturated carbocycles. The minimum Gasteiger partial charge on any atom is -0.466 e. The van der Waals surface area contributed by atoms with Gasteiger partial charge in [-0.05, 0) is 6.92 Å². The van der Waals surface area contributed by atoms with Gasteiger partial charge in [0.25, 0.3) is 0 Å². The molecule has 0 unspecified atom stereocenters. The van der Waals surface area contributed by atoms with Gasteiger partial charge in [0.15, 0.2) is 11.0 Å². The predicted molar refractivity (Wildman–Crippen MR) is 64.0 cm³/mol. The van der Waals surface area contributed by atoms with Gasteiger partial charge in [-0.15, -0.1) is 21.5 Å². The topological polar surface area (TPSA) is 106 Å². The average molecular weight is 268 g/mol. The first-order valence-corrected chi connectivity index (χ1v) is 6.22. The average Bonchev–Trinajstić information content (AvgIpc) is 2.97. The van der Waals surface area contributed by atoms with Crippen LogP contribution in [0.25, 0.3) is 0 Å². The van der Waals surface area contributed by atoms with E-state index in [4.69, 9.17) is 4.74 Å². The highest BCUT2D eigenvalue weighted by atomic mass is 32.1. The number of tetrazole rings is 1. The fourth-order valence-corrected chi connectivity index (χ4v) is 1.95. The van der Waals surface area contributed by atoms with Crippen molar-refractivity contribution in [2.24, 2.45) is 0 Å². The van der Waals surface area contributed by atoms with E-state index in [-0.39, 0.29) is 12.4 Å². The molecular weight excluding hydrogens is 256 g/mol. The third-order valence-corrected chi connectivity index (χ3v) is 2.82. The lowest BCUT2D eigenvalue weighted by atomic mass is 10.3. The molecular formula is C9H12N6O2S. The van der Waals surface area contributed by atoms with Crippen LogP contribution in [-0.2, 0) is 22.5 Å². The smallest absolute Gasteiger partial charge is 0.311 e. The van der Waals surface area contributed by atoms with Crippen LogP contribution in [0.15, 0.2) is 5.38 Å². The molecule has 2 heterocycles. The van der Waals surface area contributed by atoms with Gasteiger partial charge >= 0.3 is 5.97 Å². The number of ether oxygens (including phenoxy) is 1. The Bertz CT molecular complexity index is 497. The van der Waals surface area contributed by atoms with Crippen molar-refractivity contribution in [3.63, 3.8) is 0 Å². The lowest BCUT2D eigenvalue weighted by Crippen LogP contribution is -2.08. The van der Waals surface area contributed by atoms with Crippen molar-refractivity contribution in [2.45, 2.75) is 19.9 Å². The van der Waals surface area contributed by atoms with Crippen LogP contribution in [0.5, 0.6) is 0 Å². The molecule has 18 heavy (non-hydrogen) atoms. The molecule has 2 aromatic heterocycles. The number of nitrogens with one attached hydrogen (secondary N) is 2. The summed E-state index contributed by atoms with van der Waals surface area (Å²) in [4.78, 5) is 15.5. The molecule has 2 rings (SSSR count). The molecule has 2 N–H and O–H groups in total. The normalized spacial score (nSPS) is 10.3. The summed E-state index contributed by atoms with van der Waals surface area (Å²) in [5, 5.41) is 19.0. The van der Waals surface area contributed by atoms with Crippen molar-refractivity contribution >= 4 is 22.4 Å². The second-order valence-electron chi connectivity index (χ2n) is 3.31. The summed E-state index contributed by atoms with van der Waals surface area (Å²) in [6, 6.07) is 0. The Labute approximate surface area is 107 Å². The van der Waals surface area contributed by atoms with E-state index >= 15 is 0 Å². The minimum atomic E-state index is -0.271. The summed E-state index contributed by atoms with van der Waals surface area (Å²) < 4.78 is 4.85. The van der Waals surface area contributed by atoms with Crippen molar-refractivity contribution in [1.82, 2.24) is 25.6 Å². The maximum Gasteiger partial charge on any atom is 0.311 e. The van der Waals surface area contributed by atoms with E-state index < -0.39 is 0 Å². The predicted octanol–water partition coefficient (Wildman–Crippen LogP) is 0.374. The summed E-state index contributed by atoms with van der Waals surface area (Å²) in [7, 11) is 0. The molecule has 0 atom stereocenters. The molecule has 0 aliphatic rings. The number of aromatic amines is 1. The summed E-state index contributed by atoms with van der Waals surface area (Å²) in [5.74, 6) is 0.282. The summed E-state index contributed by atoms with van der Waals surface area (Å²) in [5.41, 5.74) is 0.689. The largest absolute Gasteiger partial charge is 0.466 e. The molecule has 8 nitrogen and oxygen atoms in total. The Morgan fingerprint density at radius 3 is 3.22 bits per heavy atom. The number of hydrogen-bond acceptors (Lipinski definition) is 8. The lowest BCUT2D eigenvalue weighted by Gasteiger charge is -1.98. The van der Waals surface area contributed by atoms with Crippen molar-refractivity contribution in [3.8, 4) is 0 Å². The number of H-pyrrole nitrogens is 1. The number of nitrogens with zero attached hydrogens (tertiary/aromatic N) is 4. The van der Waals surface area contributed by atoms with Gasteiger partial charge in [0.05, 0.1) is 25.3 Å². The molecule has 0 amide bonds. The molecule has 0 radical (unpaired) electrons. The molecule has 0 aliphatic heterocycles. The standard InChI is InChI=1S/C9H12N6O2S/c1-2-17-8(16)3-6-5-18-9(11-6)10-4-7-12-14-15-13-7/h5H,2-4H2,1H3,(H,10,11)(H,12,13,14,15). The van der Waals surface area contributed by atoms with Crippen LogP contribution in [-0.4, -0.2) is 38.2 Å². The first-order chi connectivity index (χ1) is 8.78. The third-order valence-electron chi connectivity index (χ3n) is 1.97. The number of esters is 1. The monoisotopic (exact) mass is 268 g/mol. The Balaban J connectivity index is 1.84. The van der Waals surface area contributed by atoms with Gasteiger partial charge in [-0.3, -0.25) is 4.79 Å². The van der Waals surface area contributed by atoms with E-state index in [0.717, 1.165) is 0 Å². The summed E-state index contributed by atoms with van der Waals surface area (Å²) in [6.07, 6.45) is 0.189. The number of anilines is 1. The van der Waals surface area contributed by atoms with E-state index in [9.17, 15) is 4.79 Å². The van der Waals surface area contributed by atoms with Crippen LogP contribution in [0.1, 0.15) is 18.4 Å². The second kappa shape index (κ2) is 6.05.